The minimum absolute atomic E-state index is 0.0906. The monoisotopic (exact) mass is 255 g/mol. The molecular weight excluding hydrogens is 226 g/mol. The maximum atomic E-state index is 11.9. The predicted octanol–water partition coefficient (Wildman–Crippen LogP) is 4.40. The first-order valence-electron chi connectivity index (χ1n) is 7.32. The molecule has 0 atom stereocenters. The third-order valence-electron chi connectivity index (χ3n) is 3.51. The van der Waals surface area contributed by atoms with Crippen molar-refractivity contribution in [3.63, 3.8) is 0 Å². The summed E-state index contributed by atoms with van der Waals surface area (Å²) in [5.41, 5.74) is -0.508. The van der Waals surface area contributed by atoms with Crippen LogP contribution < -0.4 is 5.32 Å². The molecule has 1 N–H and O–H groups in total. The Morgan fingerprint density at radius 1 is 1.00 bits per heavy atom. The van der Waals surface area contributed by atoms with Gasteiger partial charge in [0.2, 0.25) is 0 Å². The number of amides is 1. The normalized spacial score (nSPS) is 21.3. The van der Waals surface area contributed by atoms with Crippen LogP contribution in [-0.4, -0.2) is 17.2 Å². The van der Waals surface area contributed by atoms with Crippen molar-refractivity contribution in [1.82, 2.24) is 5.32 Å². The molecule has 0 bridgehead atoms. The lowest BCUT2D eigenvalue weighted by atomic mass is 9.90. The van der Waals surface area contributed by atoms with Gasteiger partial charge >= 0.3 is 6.09 Å². The van der Waals surface area contributed by atoms with Crippen molar-refractivity contribution in [1.29, 1.82) is 0 Å². The van der Waals surface area contributed by atoms with Crippen LogP contribution in [0, 0.1) is 0 Å². The highest BCUT2D eigenvalue weighted by Gasteiger charge is 2.28. The van der Waals surface area contributed by atoms with Crippen LogP contribution in [-0.2, 0) is 4.74 Å². The van der Waals surface area contributed by atoms with Crippen molar-refractivity contribution in [2.45, 2.75) is 90.2 Å². The number of carbonyl (C=O) groups is 1. The maximum Gasteiger partial charge on any atom is 0.408 e. The van der Waals surface area contributed by atoms with Crippen LogP contribution in [0.25, 0.3) is 0 Å². The first kappa shape index (κ1) is 15.3. The van der Waals surface area contributed by atoms with E-state index in [1.54, 1.807) is 0 Å². The zero-order chi connectivity index (χ0) is 13.6. The van der Waals surface area contributed by atoms with E-state index < -0.39 is 5.60 Å². The first-order chi connectivity index (χ1) is 8.31. The van der Waals surface area contributed by atoms with Crippen molar-refractivity contribution in [3.8, 4) is 0 Å². The molecular formula is C15H29NO2. The number of nitrogens with one attached hydrogen (secondary N) is 1. The summed E-state index contributed by atoms with van der Waals surface area (Å²) < 4.78 is 5.36. The molecule has 1 aliphatic carbocycles. The molecule has 1 fully saturated rings. The van der Waals surface area contributed by atoms with Gasteiger partial charge in [0.1, 0.15) is 5.60 Å². The zero-order valence-corrected chi connectivity index (χ0v) is 12.5. The molecule has 1 rings (SSSR count). The molecule has 0 aromatic heterocycles. The molecule has 3 nitrogen and oxygen atoms in total. The Labute approximate surface area is 112 Å². The lowest BCUT2D eigenvalue weighted by Crippen LogP contribution is -2.47. The van der Waals surface area contributed by atoms with Gasteiger partial charge in [-0.1, -0.05) is 38.5 Å². The topological polar surface area (TPSA) is 38.3 Å². The second kappa shape index (κ2) is 6.44. The molecule has 3 heteroatoms. The lowest BCUT2D eigenvalue weighted by Gasteiger charge is -2.32. The number of ether oxygens (including phenoxy) is 1. The molecule has 0 saturated heterocycles. The fraction of sp³-hybridized carbons (Fsp3) is 0.933. The molecule has 106 valence electrons. The van der Waals surface area contributed by atoms with Crippen LogP contribution in [0.15, 0.2) is 0 Å². The second-order valence-corrected chi connectivity index (χ2v) is 6.81. The summed E-state index contributed by atoms with van der Waals surface area (Å²) >= 11 is 0. The van der Waals surface area contributed by atoms with E-state index in [1.165, 1.54) is 38.5 Å². The zero-order valence-electron chi connectivity index (χ0n) is 12.5. The van der Waals surface area contributed by atoms with Crippen molar-refractivity contribution in [3.05, 3.63) is 0 Å². The molecule has 18 heavy (non-hydrogen) atoms. The van der Waals surface area contributed by atoms with E-state index in [0.717, 1.165) is 12.8 Å². The summed E-state index contributed by atoms with van der Waals surface area (Å²) in [7, 11) is 0. The summed E-state index contributed by atoms with van der Waals surface area (Å²) in [6, 6.07) is 0. The molecule has 1 amide bonds. The molecule has 1 aliphatic rings. The van der Waals surface area contributed by atoms with Gasteiger partial charge in [0, 0.05) is 5.54 Å². The number of alkyl carbamates (subject to hydrolysis) is 1. The third kappa shape index (κ3) is 6.27. The summed E-state index contributed by atoms with van der Waals surface area (Å²) in [5.74, 6) is 0. The number of hydrogen-bond acceptors (Lipinski definition) is 2. The van der Waals surface area contributed by atoms with Crippen molar-refractivity contribution >= 4 is 6.09 Å². The smallest absolute Gasteiger partial charge is 0.408 e. The van der Waals surface area contributed by atoms with Crippen LogP contribution in [0.3, 0.4) is 0 Å². The fourth-order valence-electron chi connectivity index (χ4n) is 2.54. The van der Waals surface area contributed by atoms with Crippen LogP contribution in [0.4, 0.5) is 4.79 Å². The SMILES string of the molecule is CC1(NC(=O)OC(C)(C)C)CCCCCCCC1. The van der Waals surface area contributed by atoms with E-state index in [4.69, 9.17) is 4.74 Å². The number of carbonyl (C=O) groups excluding carboxylic acids is 1. The molecule has 1 saturated carbocycles. The van der Waals surface area contributed by atoms with E-state index in [0.29, 0.717) is 0 Å². The molecule has 0 spiro atoms. The van der Waals surface area contributed by atoms with Gasteiger partial charge in [-0.15, -0.1) is 0 Å². The number of rotatable bonds is 1. The summed E-state index contributed by atoms with van der Waals surface area (Å²) in [6.07, 6.45) is 9.49. The van der Waals surface area contributed by atoms with E-state index in [-0.39, 0.29) is 11.6 Å². The van der Waals surface area contributed by atoms with Gasteiger partial charge in [0.25, 0.3) is 0 Å². The Kier molecular flexibility index (Phi) is 5.48. The van der Waals surface area contributed by atoms with Crippen LogP contribution >= 0.6 is 0 Å². The minimum Gasteiger partial charge on any atom is -0.444 e. The van der Waals surface area contributed by atoms with Gasteiger partial charge in [0.05, 0.1) is 0 Å². The Bertz CT molecular complexity index is 258. The number of hydrogen-bond donors (Lipinski definition) is 1. The molecule has 0 heterocycles. The molecule has 0 aliphatic heterocycles. The quantitative estimate of drug-likeness (QED) is 0.754. The standard InChI is InChI=1S/C15H29NO2/c1-14(2,3)18-13(17)16-15(4)11-9-7-5-6-8-10-12-15/h5-12H2,1-4H3,(H,16,17). The molecule has 0 unspecified atom stereocenters. The van der Waals surface area contributed by atoms with Crippen molar-refractivity contribution in [2.24, 2.45) is 0 Å². The largest absolute Gasteiger partial charge is 0.444 e. The van der Waals surface area contributed by atoms with Gasteiger partial charge in [-0.3, -0.25) is 0 Å². The highest BCUT2D eigenvalue weighted by molar-refractivity contribution is 5.68. The second-order valence-electron chi connectivity index (χ2n) is 6.81. The van der Waals surface area contributed by atoms with Crippen molar-refractivity contribution < 1.29 is 9.53 Å². The van der Waals surface area contributed by atoms with Gasteiger partial charge in [-0.05, 0) is 40.5 Å². The first-order valence-corrected chi connectivity index (χ1v) is 7.32. The third-order valence-corrected chi connectivity index (χ3v) is 3.51. The van der Waals surface area contributed by atoms with Crippen LogP contribution in [0.1, 0.15) is 79.1 Å². The minimum atomic E-state index is -0.418. The average molecular weight is 255 g/mol. The maximum absolute atomic E-state index is 11.9. The Hall–Kier alpha value is -0.730. The highest BCUT2D eigenvalue weighted by atomic mass is 16.6. The van der Waals surface area contributed by atoms with E-state index in [1.807, 2.05) is 20.8 Å². The lowest BCUT2D eigenvalue weighted by molar-refractivity contribution is 0.0450. The van der Waals surface area contributed by atoms with Gasteiger partial charge in [0.15, 0.2) is 0 Å². The van der Waals surface area contributed by atoms with Crippen LogP contribution in [0.2, 0.25) is 0 Å². The van der Waals surface area contributed by atoms with Crippen molar-refractivity contribution in [2.75, 3.05) is 0 Å². The summed E-state index contributed by atoms with van der Waals surface area (Å²) in [4.78, 5) is 11.9. The Morgan fingerprint density at radius 2 is 1.44 bits per heavy atom. The Morgan fingerprint density at radius 3 is 1.89 bits per heavy atom. The fourth-order valence-corrected chi connectivity index (χ4v) is 2.54. The summed E-state index contributed by atoms with van der Waals surface area (Å²) in [6.45, 7) is 7.86. The van der Waals surface area contributed by atoms with E-state index in [9.17, 15) is 4.79 Å². The Balaban J connectivity index is 2.51. The molecule has 0 aromatic rings. The average Bonchev–Trinajstić information content (AvgIpc) is 2.27. The predicted molar refractivity (Wildman–Crippen MR) is 74.7 cm³/mol. The summed E-state index contributed by atoms with van der Waals surface area (Å²) in [5, 5.41) is 3.09. The van der Waals surface area contributed by atoms with E-state index in [2.05, 4.69) is 12.2 Å². The molecule has 0 radical (unpaired) electrons. The molecule has 0 aromatic carbocycles. The van der Waals surface area contributed by atoms with Gasteiger partial charge in [-0.2, -0.15) is 0 Å². The van der Waals surface area contributed by atoms with E-state index >= 15 is 0 Å². The van der Waals surface area contributed by atoms with Gasteiger partial charge in [-0.25, -0.2) is 4.79 Å². The highest BCUT2D eigenvalue weighted by Crippen LogP contribution is 2.25. The van der Waals surface area contributed by atoms with Gasteiger partial charge < -0.3 is 10.1 Å². The van der Waals surface area contributed by atoms with Crippen LogP contribution in [0.5, 0.6) is 0 Å².